The number of nitrogens with zero attached hydrogens (tertiary/aromatic N) is 2. The number of hydrogen-bond acceptors (Lipinski definition) is 3. The molecule has 0 aromatic carbocycles. The Morgan fingerprint density at radius 1 is 1.30 bits per heavy atom. The molecule has 0 radical (unpaired) electrons. The normalized spacial score (nSPS) is 21.6. The Labute approximate surface area is 123 Å². The number of aromatic nitrogens is 1. The van der Waals surface area contributed by atoms with Crippen LogP contribution in [0.2, 0.25) is 0 Å². The van der Waals surface area contributed by atoms with Gasteiger partial charge in [-0.1, -0.05) is 26.7 Å². The largest absolute Gasteiger partial charge is 0.370 e. The van der Waals surface area contributed by atoms with Crippen molar-refractivity contribution >= 4 is 5.69 Å². The molecule has 0 saturated carbocycles. The zero-order valence-corrected chi connectivity index (χ0v) is 13.0. The van der Waals surface area contributed by atoms with Gasteiger partial charge in [-0.05, 0) is 43.7 Å². The van der Waals surface area contributed by atoms with Crippen LogP contribution in [-0.2, 0) is 0 Å². The number of nitrogens with two attached hydrogens (primary N) is 1. The first kappa shape index (κ1) is 15.3. The van der Waals surface area contributed by atoms with Crippen molar-refractivity contribution in [3.8, 4) is 0 Å². The fourth-order valence-electron chi connectivity index (χ4n) is 3.13. The van der Waals surface area contributed by atoms with E-state index in [9.17, 15) is 0 Å². The zero-order valence-electron chi connectivity index (χ0n) is 13.0. The second kappa shape index (κ2) is 7.63. The van der Waals surface area contributed by atoms with Crippen LogP contribution in [0.3, 0.4) is 0 Å². The van der Waals surface area contributed by atoms with Gasteiger partial charge < -0.3 is 10.6 Å². The molecule has 3 heteroatoms. The van der Waals surface area contributed by atoms with Crippen LogP contribution in [0.25, 0.3) is 0 Å². The third-order valence-corrected chi connectivity index (χ3v) is 4.50. The van der Waals surface area contributed by atoms with Crippen LogP contribution in [0, 0.1) is 5.92 Å². The first-order valence-electron chi connectivity index (χ1n) is 8.21. The average molecular weight is 275 g/mol. The van der Waals surface area contributed by atoms with E-state index in [1.165, 1.54) is 50.9 Å². The summed E-state index contributed by atoms with van der Waals surface area (Å²) in [6.07, 6.45) is 9.66. The molecule has 1 aliphatic heterocycles. The standard InChI is InChI=1S/C17H29N3/c1-3-6-14-7-5-11-20(12-10-14)15-8-9-17(19-13-15)16(18)4-2/h8-9,13-14,16H,3-7,10-12,18H2,1-2H3/t14?,16-/m1/s1. The highest BCUT2D eigenvalue weighted by Gasteiger charge is 2.17. The van der Waals surface area contributed by atoms with Crippen LogP contribution < -0.4 is 10.6 Å². The minimum atomic E-state index is 0.0714. The third kappa shape index (κ3) is 3.95. The van der Waals surface area contributed by atoms with Crippen LogP contribution in [0.4, 0.5) is 5.69 Å². The van der Waals surface area contributed by atoms with Crippen molar-refractivity contribution in [1.82, 2.24) is 4.98 Å². The van der Waals surface area contributed by atoms with Gasteiger partial charge in [0.05, 0.1) is 17.6 Å². The van der Waals surface area contributed by atoms with Crippen LogP contribution in [0.1, 0.15) is 64.1 Å². The van der Waals surface area contributed by atoms with Crippen LogP contribution in [0.15, 0.2) is 18.3 Å². The number of pyridine rings is 1. The van der Waals surface area contributed by atoms with Gasteiger partial charge in [-0.3, -0.25) is 4.98 Å². The Morgan fingerprint density at radius 3 is 2.80 bits per heavy atom. The van der Waals surface area contributed by atoms with Gasteiger partial charge in [0.1, 0.15) is 0 Å². The molecule has 1 fully saturated rings. The lowest BCUT2D eigenvalue weighted by Gasteiger charge is -2.23. The van der Waals surface area contributed by atoms with E-state index in [0.717, 1.165) is 18.0 Å². The van der Waals surface area contributed by atoms with E-state index in [1.54, 1.807) is 0 Å². The van der Waals surface area contributed by atoms with Crippen molar-refractivity contribution in [2.75, 3.05) is 18.0 Å². The molecule has 0 amide bonds. The Hall–Kier alpha value is -1.09. The lowest BCUT2D eigenvalue weighted by Crippen LogP contribution is -2.24. The summed E-state index contributed by atoms with van der Waals surface area (Å²) in [4.78, 5) is 7.03. The highest BCUT2D eigenvalue weighted by atomic mass is 15.1. The molecule has 2 atom stereocenters. The predicted molar refractivity (Wildman–Crippen MR) is 85.9 cm³/mol. The van der Waals surface area contributed by atoms with Gasteiger partial charge in [0.25, 0.3) is 0 Å². The topological polar surface area (TPSA) is 42.1 Å². The lowest BCUT2D eigenvalue weighted by molar-refractivity contribution is 0.435. The first-order valence-corrected chi connectivity index (χ1v) is 8.21. The van der Waals surface area contributed by atoms with E-state index < -0.39 is 0 Å². The monoisotopic (exact) mass is 275 g/mol. The van der Waals surface area contributed by atoms with Gasteiger partial charge in [0.15, 0.2) is 0 Å². The molecule has 0 spiro atoms. The van der Waals surface area contributed by atoms with E-state index >= 15 is 0 Å². The molecule has 2 N–H and O–H groups in total. The SMILES string of the molecule is CCCC1CCCN(c2ccc([C@H](N)CC)nc2)CC1. The second-order valence-electron chi connectivity index (χ2n) is 6.03. The zero-order chi connectivity index (χ0) is 14.4. The van der Waals surface area contributed by atoms with E-state index in [4.69, 9.17) is 5.73 Å². The van der Waals surface area contributed by atoms with E-state index in [2.05, 4.69) is 35.9 Å². The molecule has 3 nitrogen and oxygen atoms in total. The van der Waals surface area contributed by atoms with Crippen LogP contribution >= 0.6 is 0 Å². The Bertz CT molecular complexity index is 388. The number of anilines is 1. The lowest BCUT2D eigenvalue weighted by atomic mass is 9.96. The average Bonchev–Trinajstić information content (AvgIpc) is 2.73. The van der Waals surface area contributed by atoms with Crippen molar-refractivity contribution in [3.63, 3.8) is 0 Å². The maximum absolute atomic E-state index is 6.02. The fraction of sp³-hybridized carbons (Fsp3) is 0.706. The predicted octanol–water partition coefficient (Wildman–Crippen LogP) is 3.90. The van der Waals surface area contributed by atoms with Gasteiger partial charge >= 0.3 is 0 Å². The number of hydrogen-bond donors (Lipinski definition) is 1. The Morgan fingerprint density at radius 2 is 2.15 bits per heavy atom. The molecule has 1 aromatic heterocycles. The van der Waals surface area contributed by atoms with E-state index in [-0.39, 0.29) is 6.04 Å². The molecule has 112 valence electrons. The number of rotatable bonds is 5. The molecule has 2 rings (SSSR count). The molecule has 20 heavy (non-hydrogen) atoms. The highest BCUT2D eigenvalue weighted by Crippen LogP contribution is 2.25. The molecule has 1 unspecified atom stereocenters. The van der Waals surface area contributed by atoms with E-state index in [0.29, 0.717) is 0 Å². The van der Waals surface area contributed by atoms with Gasteiger partial charge in [0.2, 0.25) is 0 Å². The second-order valence-corrected chi connectivity index (χ2v) is 6.03. The van der Waals surface area contributed by atoms with Gasteiger partial charge in [-0.25, -0.2) is 0 Å². The molecule has 0 aliphatic carbocycles. The summed E-state index contributed by atoms with van der Waals surface area (Å²) >= 11 is 0. The van der Waals surface area contributed by atoms with Gasteiger partial charge in [0, 0.05) is 19.1 Å². The summed E-state index contributed by atoms with van der Waals surface area (Å²) in [5.41, 5.74) is 8.29. The van der Waals surface area contributed by atoms with Gasteiger partial charge in [-0.15, -0.1) is 0 Å². The first-order chi connectivity index (χ1) is 9.74. The summed E-state index contributed by atoms with van der Waals surface area (Å²) in [5.74, 6) is 0.922. The summed E-state index contributed by atoms with van der Waals surface area (Å²) in [5, 5.41) is 0. The maximum atomic E-state index is 6.02. The summed E-state index contributed by atoms with van der Waals surface area (Å²) in [6, 6.07) is 4.36. The fourth-order valence-corrected chi connectivity index (χ4v) is 3.13. The quantitative estimate of drug-likeness (QED) is 0.886. The maximum Gasteiger partial charge on any atom is 0.0572 e. The van der Waals surface area contributed by atoms with Crippen molar-refractivity contribution in [1.29, 1.82) is 0 Å². The van der Waals surface area contributed by atoms with Crippen LogP contribution in [-0.4, -0.2) is 18.1 Å². The van der Waals surface area contributed by atoms with Gasteiger partial charge in [-0.2, -0.15) is 0 Å². The molecule has 1 aliphatic rings. The van der Waals surface area contributed by atoms with E-state index in [1.807, 2.05) is 6.20 Å². The minimum absolute atomic E-state index is 0.0714. The summed E-state index contributed by atoms with van der Waals surface area (Å²) < 4.78 is 0. The molecule has 1 saturated heterocycles. The minimum Gasteiger partial charge on any atom is -0.370 e. The molecular formula is C17H29N3. The van der Waals surface area contributed by atoms with Crippen molar-refractivity contribution in [2.24, 2.45) is 11.7 Å². The molecular weight excluding hydrogens is 246 g/mol. The van der Waals surface area contributed by atoms with Crippen molar-refractivity contribution in [3.05, 3.63) is 24.0 Å². The summed E-state index contributed by atoms with van der Waals surface area (Å²) in [7, 11) is 0. The Balaban J connectivity index is 1.97. The third-order valence-electron chi connectivity index (χ3n) is 4.50. The highest BCUT2D eigenvalue weighted by molar-refractivity contribution is 5.44. The summed E-state index contributed by atoms with van der Waals surface area (Å²) in [6.45, 7) is 6.73. The Kier molecular flexibility index (Phi) is 5.84. The van der Waals surface area contributed by atoms with Crippen LogP contribution in [0.5, 0.6) is 0 Å². The molecule has 1 aromatic rings. The van der Waals surface area contributed by atoms with Crippen molar-refractivity contribution in [2.45, 2.75) is 58.4 Å². The molecule has 2 heterocycles. The van der Waals surface area contributed by atoms with Crippen molar-refractivity contribution < 1.29 is 0 Å². The molecule has 0 bridgehead atoms. The smallest absolute Gasteiger partial charge is 0.0572 e.